The van der Waals surface area contributed by atoms with E-state index in [-0.39, 0.29) is 11.3 Å². The SMILES string of the molecule is CC(C)COCCOCCOCCNC(=O)CC(C)(C)C. The summed E-state index contributed by atoms with van der Waals surface area (Å²) in [5.41, 5.74) is 0.0242. The van der Waals surface area contributed by atoms with Crippen molar-refractivity contribution in [1.29, 1.82) is 0 Å². The smallest absolute Gasteiger partial charge is 0.220 e. The second-order valence-electron chi connectivity index (χ2n) is 6.78. The molecule has 0 aliphatic carbocycles. The minimum atomic E-state index is 0.0242. The quantitative estimate of drug-likeness (QED) is 0.562. The molecule has 0 saturated heterocycles. The van der Waals surface area contributed by atoms with Crippen LogP contribution in [0.5, 0.6) is 0 Å². The van der Waals surface area contributed by atoms with Crippen LogP contribution >= 0.6 is 0 Å². The first-order chi connectivity index (χ1) is 9.81. The fourth-order valence-electron chi connectivity index (χ4n) is 1.57. The number of ether oxygens (including phenoxy) is 3. The molecule has 21 heavy (non-hydrogen) atoms. The van der Waals surface area contributed by atoms with Crippen LogP contribution in [0, 0.1) is 11.3 Å². The Hall–Kier alpha value is -0.650. The van der Waals surface area contributed by atoms with Crippen molar-refractivity contribution in [3.05, 3.63) is 0 Å². The van der Waals surface area contributed by atoms with Crippen LogP contribution in [0.1, 0.15) is 41.0 Å². The maximum atomic E-state index is 11.5. The van der Waals surface area contributed by atoms with Gasteiger partial charge in [-0.05, 0) is 11.3 Å². The maximum absolute atomic E-state index is 11.5. The van der Waals surface area contributed by atoms with Crippen LogP contribution in [0.4, 0.5) is 0 Å². The van der Waals surface area contributed by atoms with E-state index in [9.17, 15) is 4.79 Å². The van der Waals surface area contributed by atoms with Gasteiger partial charge in [0.2, 0.25) is 5.91 Å². The van der Waals surface area contributed by atoms with Gasteiger partial charge in [-0.1, -0.05) is 34.6 Å². The van der Waals surface area contributed by atoms with Crippen molar-refractivity contribution in [2.75, 3.05) is 46.2 Å². The molecule has 1 amide bonds. The van der Waals surface area contributed by atoms with E-state index >= 15 is 0 Å². The molecule has 126 valence electrons. The van der Waals surface area contributed by atoms with E-state index in [0.29, 0.717) is 51.9 Å². The van der Waals surface area contributed by atoms with Crippen molar-refractivity contribution < 1.29 is 19.0 Å². The molecule has 0 heterocycles. The maximum Gasteiger partial charge on any atom is 0.220 e. The topological polar surface area (TPSA) is 56.8 Å². The molecule has 0 saturated carbocycles. The number of carbonyl (C=O) groups excluding carboxylic acids is 1. The van der Waals surface area contributed by atoms with E-state index in [1.165, 1.54) is 0 Å². The van der Waals surface area contributed by atoms with E-state index < -0.39 is 0 Å². The number of carbonyl (C=O) groups is 1. The molecule has 0 radical (unpaired) electrons. The molecule has 0 aliphatic heterocycles. The first-order valence-electron chi connectivity index (χ1n) is 7.81. The molecular formula is C16H33NO4. The van der Waals surface area contributed by atoms with Gasteiger partial charge in [0.25, 0.3) is 0 Å². The van der Waals surface area contributed by atoms with Crippen molar-refractivity contribution >= 4 is 5.91 Å². The van der Waals surface area contributed by atoms with Crippen LogP contribution in [-0.4, -0.2) is 52.1 Å². The van der Waals surface area contributed by atoms with Crippen molar-refractivity contribution in [3.63, 3.8) is 0 Å². The Balaban J connectivity index is 3.21. The first kappa shape index (κ1) is 20.3. The summed E-state index contributed by atoms with van der Waals surface area (Å²) >= 11 is 0. The Morgan fingerprint density at radius 1 is 0.952 bits per heavy atom. The highest BCUT2D eigenvalue weighted by atomic mass is 16.5. The Labute approximate surface area is 129 Å². The highest BCUT2D eigenvalue weighted by molar-refractivity contribution is 5.76. The molecule has 5 nitrogen and oxygen atoms in total. The molecule has 0 unspecified atom stereocenters. The van der Waals surface area contributed by atoms with Gasteiger partial charge in [-0.25, -0.2) is 0 Å². The standard InChI is InChI=1S/C16H33NO4/c1-14(2)13-21-11-10-20-9-8-19-7-6-17-15(18)12-16(3,4)5/h14H,6-13H2,1-5H3,(H,17,18). The van der Waals surface area contributed by atoms with Gasteiger partial charge in [0, 0.05) is 19.6 Å². The van der Waals surface area contributed by atoms with Gasteiger partial charge >= 0.3 is 0 Å². The minimum absolute atomic E-state index is 0.0242. The number of amides is 1. The van der Waals surface area contributed by atoms with Crippen LogP contribution in [0.25, 0.3) is 0 Å². The van der Waals surface area contributed by atoms with E-state index in [1.807, 2.05) is 20.8 Å². The predicted octanol–water partition coefficient (Wildman–Crippen LogP) is 2.24. The van der Waals surface area contributed by atoms with Gasteiger partial charge in [-0.15, -0.1) is 0 Å². The monoisotopic (exact) mass is 303 g/mol. The molecule has 0 atom stereocenters. The first-order valence-corrected chi connectivity index (χ1v) is 7.81. The average Bonchev–Trinajstić information content (AvgIpc) is 2.33. The van der Waals surface area contributed by atoms with Gasteiger partial charge in [0.1, 0.15) is 0 Å². The summed E-state index contributed by atoms with van der Waals surface area (Å²) in [6.07, 6.45) is 0.534. The Kier molecular flexibility index (Phi) is 11.6. The minimum Gasteiger partial charge on any atom is -0.379 e. The second-order valence-corrected chi connectivity index (χ2v) is 6.78. The molecule has 0 bridgehead atoms. The second kappa shape index (κ2) is 12.0. The number of rotatable bonds is 12. The number of hydrogen-bond acceptors (Lipinski definition) is 4. The van der Waals surface area contributed by atoms with Crippen LogP contribution in [-0.2, 0) is 19.0 Å². The summed E-state index contributed by atoms with van der Waals surface area (Å²) in [7, 11) is 0. The Morgan fingerprint density at radius 3 is 2.00 bits per heavy atom. The van der Waals surface area contributed by atoms with Crippen molar-refractivity contribution in [3.8, 4) is 0 Å². The molecule has 0 aromatic carbocycles. The van der Waals surface area contributed by atoms with Gasteiger partial charge in [0.05, 0.1) is 33.0 Å². The molecular weight excluding hydrogens is 270 g/mol. The normalized spacial score (nSPS) is 11.9. The molecule has 0 rings (SSSR count). The fourth-order valence-corrected chi connectivity index (χ4v) is 1.57. The third kappa shape index (κ3) is 17.3. The third-order valence-electron chi connectivity index (χ3n) is 2.45. The van der Waals surface area contributed by atoms with Crippen molar-refractivity contribution in [2.45, 2.75) is 41.0 Å². The molecule has 5 heteroatoms. The summed E-state index contributed by atoms with van der Waals surface area (Å²) in [5.74, 6) is 0.631. The largest absolute Gasteiger partial charge is 0.379 e. The number of hydrogen-bond donors (Lipinski definition) is 1. The summed E-state index contributed by atoms with van der Waals surface area (Å²) in [5, 5.41) is 2.84. The van der Waals surface area contributed by atoms with Crippen molar-refractivity contribution in [1.82, 2.24) is 5.32 Å². The lowest BCUT2D eigenvalue weighted by Crippen LogP contribution is -2.30. The van der Waals surface area contributed by atoms with Gasteiger partial charge < -0.3 is 19.5 Å². The molecule has 0 fully saturated rings. The predicted molar refractivity (Wildman–Crippen MR) is 84.4 cm³/mol. The van der Waals surface area contributed by atoms with Crippen LogP contribution in [0.3, 0.4) is 0 Å². The number of nitrogens with one attached hydrogen (secondary N) is 1. The van der Waals surface area contributed by atoms with Gasteiger partial charge in [0.15, 0.2) is 0 Å². The summed E-state index contributed by atoms with van der Waals surface area (Å²) < 4.78 is 16.1. The van der Waals surface area contributed by atoms with Crippen molar-refractivity contribution in [2.24, 2.45) is 11.3 Å². The molecule has 0 aromatic rings. The average molecular weight is 303 g/mol. The van der Waals surface area contributed by atoms with Gasteiger partial charge in [-0.3, -0.25) is 4.79 Å². The molecule has 0 spiro atoms. The highest BCUT2D eigenvalue weighted by Gasteiger charge is 2.15. The Bertz CT molecular complexity index is 261. The summed E-state index contributed by atoms with van der Waals surface area (Å²) in [6, 6.07) is 0. The van der Waals surface area contributed by atoms with E-state index in [2.05, 4.69) is 19.2 Å². The van der Waals surface area contributed by atoms with Crippen LogP contribution < -0.4 is 5.32 Å². The molecule has 0 aliphatic rings. The lowest BCUT2D eigenvalue weighted by molar-refractivity contribution is -0.123. The molecule has 1 N–H and O–H groups in total. The van der Waals surface area contributed by atoms with Crippen LogP contribution in [0.15, 0.2) is 0 Å². The van der Waals surface area contributed by atoms with E-state index in [4.69, 9.17) is 14.2 Å². The Morgan fingerprint density at radius 2 is 1.48 bits per heavy atom. The van der Waals surface area contributed by atoms with Crippen LogP contribution in [0.2, 0.25) is 0 Å². The lowest BCUT2D eigenvalue weighted by atomic mass is 9.92. The highest BCUT2D eigenvalue weighted by Crippen LogP contribution is 2.17. The third-order valence-corrected chi connectivity index (χ3v) is 2.45. The van der Waals surface area contributed by atoms with E-state index in [1.54, 1.807) is 0 Å². The lowest BCUT2D eigenvalue weighted by Gasteiger charge is -2.17. The summed E-state index contributed by atoms with van der Waals surface area (Å²) in [6.45, 7) is 14.5. The fraction of sp³-hybridized carbons (Fsp3) is 0.938. The zero-order chi connectivity index (χ0) is 16.1. The zero-order valence-electron chi connectivity index (χ0n) is 14.4. The zero-order valence-corrected chi connectivity index (χ0v) is 14.4. The molecule has 0 aromatic heterocycles. The van der Waals surface area contributed by atoms with E-state index in [0.717, 1.165) is 6.61 Å². The summed E-state index contributed by atoms with van der Waals surface area (Å²) in [4.78, 5) is 11.5. The van der Waals surface area contributed by atoms with Gasteiger partial charge in [-0.2, -0.15) is 0 Å².